The summed E-state index contributed by atoms with van der Waals surface area (Å²) in [4.78, 5) is 10.3. The molecule has 0 aliphatic carbocycles. The molecule has 0 bridgehead atoms. The minimum atomic E-state index is -2.79. The van der Waals surface area contributed by atoms with Gasteiger partial charge in [-0.25, -0.2) is 8.78 Å². The van der Waals surface area contributed by atoms with E-state index < -0.39 is 18.3 Å². The third-order valence-electron chi connectivity index (χ3n) is 0.913. The summed E-state index contributed by atoms with van der Waals surface area (Å²) < 4.78 is 28.4. The zero-order chi connectivity index (χ0) is 8.91. The van der Waals surface area contributed by atoms with Crippen LogP contribution >= 0.6 is 11.6 Å². The van der Waals surface area contributed by atoms with Crippen LogP contribution in [-0.2, 0) is 9.53 Å². The van der Waals surface area contributed by atoms with E-state index in [1.165, 1.54) is 0 Å². The molecule has 0 saturated carbocycles. The Labute approximate surface area is 68.5 Å². The Bertz CT molecular complexity index is 133. The maximum absolute atomic E-state index is 12.1. The maximum atomic E-state index is 12.1. The van der Waals surface area contributed by atoms with Crippen molar-refractivity contribution < 1.29 is 18.3 Å². The summed E-state index contributed by atoms with van der Waals surface area (Å²) in [6.45, 7) is 0.483. The fraction of sp³-hybridized carbons (Fsp3) is 0.833. The molecule has 66 valence electrons. The SMILES string of the molecule is CC(F)(F)CCOC(=O)CCl. The van der Waals surface area contributed by atoms with Crippen LogP contribution in [0, 0.1) is 0 Å². The Balaban J connectivity index is 3.35. The summed E-state index contributed by atoms with van der Waals surface area (Å²) in [6, 6.07) is 0. The lowest BCUT2D eigenvalue weighted by atomic mass is 10.3. The standard InChI is InChI=1S/C6H9ClF2O2/c1-6(8,9)2-3-11-5(10)4-7/h2-4H2,1H3. The van der Waals surface area contributed by atoms with Crippen LogP contribution in [0.25, 0.3) is 0 Å². The van der Waals surface area contributed by atoms with Crippen molar-refractivity contribution in [3.05, 3.63) is 0 Å². The van der Waals surface area contributed by atoms with Crippen molar-refractivity contribution in [3.8, 4) is 0 Å². The van der Waals surface area contributed by atoms with Gasteiger partial charge in [0.15, 0.2) is 0 Å². The van der Waals surface area contributed by atoms with Gasteiger partial charge < -0.3 is 4.74 Å². The largest absolute Gasteiger partial charge is 0.465 e. The summed E-state index contributed by atoms with van der Waals surface area (Å²) in [5.41, 5.74) is 0. The van der Waals surface area contributed by atoms with Crippen molar-refractivity contribution in [2.24, 2.45) is 0 Å². The van der Waals surface area contributed by atoms with Crippen LogP contribution in [0.1, 0.15) is 13.3 Å². The van der Waals surface area contributed by atoms with Crippen LogP contribution in [0.4, 0.5) is 8.78 Å². The van der Waals surface area contributed by atoms with Gasteiger partial charge in [-0.15, -0.1) is 11.6 Å². The number of halogens is 3. The Hall–Kier alpha value is -0.380. The highest BCUT2D eigenvalue weighted by Crippen LogP contribution is 2.15. The van der Waals surface area contributed by atoms with Gasteiger partial charge in [0, 0.05) is 6.42 Å². The topological polar surface area (TPSA) is 26.3 Å². The average Bonchev–Trinajstić information content (AvgIpc) is 1.85. The third kappa shape index (κ3) is 7.52. The molecule has 0 aliphatic rings. The number of carbonyl (C=O) groups is 1. The molecular formula is C6H9ClF2O2. The minimum absolute atomic E-state index is 0.283. The zero-order valence-electron chi connectivity index (χ0n) is 6.07. The van der Waals surface area contributed by atoms with E-state index in [9.17, 15) is 13.6 Å². The first kappa shape index (κ1) is 10.6. The predicted molar refractivity (Wildman–Crippen MR) is 36.9 cm³/mol. The number of hydrogen-bond donors (Lipinski definition) is 0. The fourth-order valence-corrected chi connectivity index (χ4v) is 0.460. The molecule has 0 rings (SSSR count). The lowest BCUT2D eigenvalue weighted by molar-refractivity contribution is -0.142. The Morgan fingerprint density at radius 1 is 1.64 bits per heavy atom. The molecule has 0 unspecified atom stereocenters. The van der Waals surface area contributed by atoms with Gasteiger partial charge in [-0.1, -0.05) is 0 Å². The van der Waals surface area contributed by atoms with E-state index in [1.54, 1.807) is 0 Å². The Morgan fingerprint density at radius 2 is 2.18 bits per heavy atom. The molecule has 0 atom stereocenters. The molecule has 0 radical (unpaired) electrons. The number of hydrogen-bond acceptors (Lipinski definition) is 2. The van der Waals surface area contributed by atoms with E-state index in [0.717, 1.165) is 6.92 Å². The van der Waals surface area contributed by atoms with E-state index in [1.807, 2.05) is 0 Å². The van der Waals surface area contributed by atoms with Crippen LogP contribution < -0.4 is 0 Å². The van der Waals surface area contributed by atoms with Crippen LogP contribution in [-0.4, -0.2) is 24.4 Å². The number of esters is 1. The first-order valence-electron chi connectivity index (χ1n) is 3.05. The fourth-order valence-electron chi connectivity index (χ4n) is 0.383. The quantitative estimate of drug-likeness (QED) is 0.495. The van der Waals surface area contributed by atoms with Crippen molar-refractivity contribution in [2.45, 2.75) is 19.3 Å². The van der Waals surface area contributed by atoms with E-state index in [2.05, 4.69) is 4.74 Å². The monoisotopic (exact) mass is 186 g/mol. The predicted octanol–water partition coefficient (Wildman–Crippen LogP) is 1.81. The van der Waals surface area contributed by atoms with Gasteiger partial charge in [-0.3, -0.25) is 4.79 Å². The minimum Gasteiger partial charge on any atom is -0.465 e. The molecular weight excluding hydrogens is 178 g/mol. The summed E-state index contributed by atoms with van der Waals surface area (Å²) in [7, 11) is 0. The lowest BCUT2D eigenvalue weighted by Crippen LogP contribution is -2.16. The molecule has 2 nitrogen and oxygen atoms in total. The van der Waals surface area contributed by atoms with Crippen LogP contribution in [0.2, 0.25) is 0 Å². The molecule has 0 heterocycles. The third-order valence-corrected chi connectivity index (χ3v) is 1.13. The summed E-state index contributed by atoms with van der Waals surface area (Å²) in [5, 5.41) is 0. The summed E-state index contributed by atoms with van der Waals surface area (Å²) in [6.07, 6.45) is -0.463. The smallest absolute Gasteiger partial charge is 0.320 e. The van der Waals surface area contributed by atoms with Crippen molar-refractivity contribution in [1.82, 2.24) is 0 Å². The number of alkyl halides is 3. The van der Waals surface area contributed by atoms with Crippen molar-refractivity contribution in [1.29, 1.82) is 0 Å². The molecule has 0 aliphatic heterocycles. The second-order valence-electron chi connectivity index (χ2n) is 2.17. The van der Waals surface area contributed by atoms with Crippen LogP contribution in [0.5, 0.6) is 0 Å². The molecule has 5 heteroatoms. The van der Waals surface area contributed by atoms with Gasteiger partial charge in [0.1, 0.15) is 5.88 Å². The first-order valence-corrected chi connectivity index (χ1v) is 3.58. The Kier molecular flexibility index (Phi) is 4.33. The lowest BCUT2D eigenvalue weighted by Gasteiger charge is -2.08. The van der Waals surface area contributed by atoms with Crippen LogP contribution in [0.3, 0.4) is 0 Å². The number of carbonyl (C=O) groups excluding carboxylic acids is 1. The zero-order valence-corrected chi connectivity index (χ0v) is 6.83. The summed E-state index contributed by atoms with van der Waals surface area (Å²) in [5.74, 6) is -3.75. The molecule has 0 saturated heterocycles. The highest BCUT2D eigenvalue weighted by Gasteiger charge is 2.20. The number of ether oxygens (including phenoxy) is 1. The molecule has 11 heavy (non-hydrogen) atoms. The van der Waals surface area contributed by atoms with E-state index in [-0.39, 0.29) is 12.5 Å². The normalized spacial score (nSPS) is 11.3. The van der Waals surface area contributed by atoms with E-state index in [4.69, 9.17) is 11.6 Å². The highest BCUT2D eigenvalue weighted by atomic mass is 35.5. The van der Waals surface area contributed by atoms with Gasteiger partial charge >= 0.3 is 5.97 Å². The molecule has 0 aromatic rings. The highest BCUT2D eigenvalue weighted by molar-refractivity contribution is 6.26. The molecule has 0 N–H and O–H groups in total. The number of rotatable bonds is 4. The van der Waals surface area contributed by atoms with Gasteiger partial charge in [0.2, 0.25) is 5.92 Å². The van der Waals surface area contributed by atoms with E-state index in [0.29, 0.717) is 0 Å². The average molecular weight is 187 g/mol. The first-order chi connectivity index (χ1) is 4.95. The second kappa shape index (κ2) is 4.49. The summed E-state index contributed by atoms with van der Waals surface area (Å²) >= 11 is 5.04. The Morgan fingerprint density at radius 3 is 2.55 bits per heavy atom. The van der Waals surface area contributed by atoms with Gasteiger partial charge in [-0.05, 0) is 6.92 Å². The molecule has 0 aromatic heterocycles. The molecule has 0 fully saturated rings. The van der Waals surface area contributed by atoms with Gasteiger partial charge in [-0.2, -0.15) is 0 Å². The van der Waals surface area contributed by atoms with Gasteiger partial charge in [0.25, 0.3) is 0 Å². The van der Waals surface area contributed by atoms with Crippen molar-refractivity contribution >= 4 is 17.6 Å². The molecule has 0 spiro atoms. The van der Waals surface area contributed by atoms with Crippen molar-refractivity contribution in [2.75, 3.05) is 12.5 Å². The molecule has 0 amide bonds. The van der Waals surface area contributed by atoms with Gasteiger partial charge in [0.05, 0.1) is 6.61 Å². The maximum Gasteiger partial charge on any atom is 0.320 e. The van der Waals surface area contributed by atoms with E-state index >= 15 is 0 Å². The van der Waals surface area contributed by atoms with Crippen LogP contribution in [0.15, 0.2) is 0 Å². The second-order valence-corrected chi connectivity index (χ2v) is 2.44. The molecule has 0 aromatic carbocycles. The van der Waals surface area contributed by atoms with Crippen molar-refractivity contribution in [3.63, 3.8) is 0 Å².